The Labute approximate surface area is 178 Å². The van der Waals surface area contributed by atoms with E-state index >= 15 is 0 Å². The van der Waals surface area contributed by atoms with Crippen LogP contribution in [0.15, 0.2) is 55.1 Å². The van der Waals surface area contributed by atoms with E-state index in [0.717, 1.165) is 49.6 Å². The maximum absolute atomic E-state index is 12.9. The molecule has 1 aliphatic heterocycles. The fourth-order valence-electron chi connectivity index (χ4n) is 4.19. The van der Waals surface area contributed by atoms with Gasteiger partial charge in [-0.25, -0.2) is 9.97 Å². The van der Waals surface area contributed by atoms with Crippen LogP contribution < -0.4 is 0 Å². The maximum Gasteiger partial charge on any atom is 0.223 e. The zero-order valence-electron chi connectivity index (χ0n) is 17.7. The van der Waals surface area contributed by atoms with Crippen LogP contribution in [0, 0.1) is 0 Å². The quantitative estimate of drug-likeness (QED) is 0.584. The van der Waals surface area contributed by atoms with Crippen molar-refractivity contribution in [2.24, 2.45) is 0 Å². The number of carbonyl (C=O) groups excluding carboxylic acids is 1. The van der Waals surface area contributed by atoms with Crippen molar-refractivity contribution >= 4 is 5.91 Å². The molecule has 156 valence electrons. The smallest absolute Gasteiger partial charge is 0.223 e. The minimum Gasteiger partial charge on any atom is -0.334 e. The first kappa shape index (κ1) is 20.3. The molecule has 0 spiro atoms. The first-order valence-corrected chi connectivity index (χ1v) is 10.8. The molecule has 1 fully saturated rings. The number of likely N-dealkylation sites (tertiary alicyclic amines) is 1. The topological polar surface area (TPSA) is 63.9 Å². The third-order valence-electron chi connectivity index (χ3n) is 5.69. The third-order valence-corrected chi connectivity index (χ3v) is 5.69. The van der Waals surface area contributed by atoms with Crippen molar-refractivity contribution in [3.63, 3.8) is 0 Å². The van der Waals surface area contributed by atoms with Gasteiger partial charge in [-0.3, -0.25) is 14.3 Å². The van der Waals surface area contributed by atoms with Crippen LogP contribution in [0.3, 0.4) is 0 Å². The van der Waals surface area contributed by atoms with Gasteiger partial charge >= 0.3 is 0 Å². The van der Waals surface area contributed by atoms with Gasteiger partial charge in [-0.2, -0.15) is 0 Å². The van der Waals surface area contributed by atoms with E-state index in [1.54, 1.807) is 18.6 Å². The number of amides is 1. The number of carbonyl (C=O) groups is 1. The fraction of sp³-hybridized carbons (Fsp3) is 0.417. The molecule has 30 heavy (non-hydrogen) atoms. The minimum absolute atomic E-state index is 0.00713. The normalized spacial score (nSPS) is 16.4. The number of nitrogens with zero attached hydrogens (tertiary/aromatic N) is 5. The van der Waals surface area contributed by atoms with Gasteiger partial charge in [0.2, 0.25) is 5.91 Å². The van der Waals surface area contributed by atoms with Gasteiger partial charge in [0.05, 0.1) is 24.1 Å². The van der Waals surface area contributed by atoms with Crippen molar-refractivity contribution < 1.29 is 4.79 Å². The first-order chi connectivity index (χ1) is 14.6. The molecule has 2 aromatic heterocycles. The number of imidazole rings is 1. The molecular formula is C24H29N5O. The molecule has 0 saturated carbocycles. The number of rotatable bonds is 7. The van der Waals surface area contributed by atoms with E-state index in [4.69, 9.17) is 4.98 Å². The Hall–Kier alpha value is -3.02. The van der Waals surface area contributed by atoms with Crippen molar-refractivity contribution in [2.75, 3.05) is 6.54 Å². The lowest BCUT2D eigenvalue weighted by Gasteiger charge is -2.24. The van der Waals surface area contributed by atoms with Crippen LogP contribution in [-0.4, -0.2) is 36.9 Å². The van der Waals surface area contributed by atoms with E-state index in [2.05, 4.69) is 35.9 Å². The number of hydrogen-bond donors (Lipinski definition) is 0. The number of benzene rings is 1. The first-order valence-electron chi connectivity index (χ1n) is 10.8. The van der Waals surface area contributed by atoms with Gasteiger partial charge < -0.3 is 4.90 Å². The Morgan fingerprint density at radius 2 is 2.03 bits per heavy atom. The van der Waals surface area contributed by atoms with Gasteiger partial charge in [0.1, 0.15) is 5.82 Å². The molecule has 0 aliphatic carbocycles. The average molecular weight is 404 g/mol. The summed E-state index contributed by atoms with van der Waals surface area (Å²) in [6, 6.07) is 10.4. The van der Waals surface area contributed by atoms with Crippen molar-refractivity contribution in [2.45, 2.75) is 57.9 Å². The molecule has 1 amide bonds. The number of aryl methyl sites for hydroxylation is 1. The summed E-state index contributed by atoms with van der Waals surface area (Å²) >= 11 is 0. The maximum atomic E-state index is 12.9. The summed E-state index contributed by atoms with van der Waals surface area (Å²) < 4.78 is 1.99. The Bertz CT molecular complexity index is 982. The second kappa shape index (κ2) is 9.20. The minimum atomic E-state index is 0.00713. The van der Waals surface area contributed by atoms with Crippen LogP contribution in [-0.2, 0) is 11.2 Å². The highest BCUT2D eigenvalue weighted by atomic mass is 16.2. The van der Waals surface area contributed by atoms with Crippen LogP contribution in [0.1, 0.15) is 68.6 Å². The summed E-state index contributed by atoms with van der Waals surface area (Å²) in [6.45, 7) is 5.02. The Morgan fingerprint density at radius 1 is 1.20 bits per heavy atom. The largest absolute Gasteiger partial charge is 0.334 e. The molecule has 0 N–H and O–H groups in total. The van der Waals surface area contributed by atoms with Crippen molar-refractivity contribution in [3.8, 4) is 5.82 Å². The highest BCUT2D eigenvalue weighted by molar-refractivity contribution is 5.77. The lowest BCUT2D eigenvalue weighted by Crippen LogP contribution is -2.31. The molecule has 0 bridgehead atoms. The monoisotopic (exact) mass is 403 g/mol. The summed E-state index contributed by atoms with van der Waals surface area (Å²) in [6.07, 6.45) is 11.6. The van der Waals surface area contributed by atoms with Gasteiger partial charge in [0, 0.05) is 31.3 Å². The molecule has 0 unspecified atom stereocenters. The van der Waals surface area contributed by atoms with Crippen LogP contribution >= 0.6 is 0 Å². The van der Waals surface area contributed by atoms with Crippen LogP contribution in [0.5, 0.6) is 0 Å². The molecule has 3 aromatic rings. The van der Waals surface area contributed by atoms with Gasteiger partial charge in [0.25, 0.3) is 0 Å². The molecule has 1 aromatic carbocycles. The van der Waals surface area contributed by atoms with Crippen molar-refractivity contribution in [1.82, 2.24) is 24.4 Å². The zero-order chi connectivity index (χ0) is 20.9. The van der Waals surface area contributed by atoms with Gasteiger partial charge in [-0.05, 0) is 31.2 Å². The summed E-state index contributed by atoms with van der Waals surface area (Å²) in [7, 11) is 0. The Kier molecular flexibility index (Phi) is 6.21. The summed E-state index contributed by atoms with van der Waals surface area (Å²) in [5.41, 5.74) is 2.15. The van der Waals surface area contributed by atoms with E-state index in [0.29, 0.717) is 12.3 Å². The summed E-state index contributed by atoms with van der Waals surface area (Å²) in [5, 5.41) is 0. The van der Waals surface area contributed by atoms with E-state index in [1.165, 1.54) is 5.56 Å². The van der Waals surface area contributed by atoms with Crippen molar-refractivity contribution in [1.29, 1.82) is 0 Å². The second-order valence-electron chi connectivity index (χ2n) is 8.20. The molecule has 0 radical (unpaired) electrons. The molecule has 6 nitrogen and oxygen atoms in total. The van der Waals surface area contributed by atoms with Crippen LogP contribution in [0.4, 0.5) is 0 Å². The lowest BCUT2D eigenvalue weighted by atomic mass is 10.1. The third kappa shape index (κ3) is 4.42. The fourth-order valence-corrected chi connectivity index (χ4v) is 4.19. The Balaban J connectivity index is 1.45. The second-order valence-corrected chi connectivity index (χ2v) is 8.20. The lowest BCUT2D eigenvalue weighted by molar-refractivity contribution is -0.132. The predicted molar refractivity (Wildman–Crippen MR) is 116 cm³/mol. The molecule has 4 rings (SSSR count). The number of hydrogen-bond acceptors (Lipinski definition) is 4. The number of aromatic nitrogens is 4. The zero-order valence-corrected chi connectivity index (χ0v) is 17.7. The predicted octanol–water partition coefficient (Wildman–Crippen LogP) is 4.47. The van der Waals surface area contributed by atoms with E-state index in [9.17, 15) is 4.79 Å². The summed E-state index contributed by atoms with van der Waals surface area (Å²) in [4.78, 5) is 28.7. The standard InChI is InChI=1S/C24H29N5O/c1-18(2)24-26-13-15-29(24)22-17-25-16-20(27-22)21-11-7-14-28(21)23(30)12-6-10-19-8-4-3-5-9-19/h3-5,8-9,13,15-18,21H,6-7,10-12,14H2,1-2H3/t21-/m1/s1. The molecule has 6 heteroatoms. The molecule has 3 heterocycles. The highest BCUT2D eigenvalue weighted by Crippen LogP contribution is 2.32. The van der Waals surface area contributed by atoms with Crippen molar-refractivity contribution in [3.05, 3.63) is 72.2 Å². The summed E-state index contributed by atoms with van der Waals surface area (Å²) in [5.74, 6) is 2.23. The highest BCUT2D eigenvalue weighted by Gasteiger charge is 2.31. The van der Waals surface area contributed by atoms with Crippen LogP contribution in [0.2, 0.25) is 0 Å². The molecular weight excluding hydrogens is 374 g/mol. The molecule has 1 aliphatic rings. The Morgan fingerprint density at radius 3 is 2.83 bits per heavy atom. The van der Waals surface area contributed by atoms with E-state index in [-0.39, 0.29) is 11.9 Å². The van der Waals surface area contributed by atoms with Crippen LogP contribution in [0.25, 0.3) is 5.82 Å². The van der Waals surface area contributed by atoms with E-state index in [1.807, 2.05) is 33.9 Å². The molecule has 1 saturated heterocycles. The van der Waals surface area contributed by atoms with E-state index < -0.39 is 0 Å². The SMILES string of the molecule is CC(C)c1nccn1-c1cncc([C@H]2CCCN2C(=O)CCCc2ccccc2)n1. The van der Waals surface area contributed by atoms with Gasteiger partial charge in [0.15, 0.2) is 5.82 Å². The average Bonchev–Trinajstić information content (AvgIpc) is 3.44. The van der Waals surface area contributed by atoms with Gasteiger partial charge in [-0.15, -0.1) is 0 Å². The molecule has 1 atom stereocenters. The van der Waals surface area contributed by atoms with Gasteiger partial charge in [-0.1, -0.05) is 44.2 Å².